The number of fused-ring (bicyclic) bond motifs is 1. The Bertz CT molecular complexity index is 525. The molecule has 1 heterocycles. The van der Waals surface area contributed by atoms with Gasteiger partial charge < -0.3 is 15.0 Å². The molecule has 1 aliphatic rings. The van der Waals surface area contributed by atoms with E-state index in [0.29, 0.717) is 5.92 Å². The van der Waals surface area contributed by atoms with Crippen LogP contribution in [0.2, 0.25) is 0 Å². The zero-order valence-corrected chi connectivity index (χ0v) is 15.8. The molecule has 0 aromatic heterocycles. The summed E-state index contributed by atoms with van der Waals surface area (Å²) in [6.45, 7) is 14.5. The van der Waals surface area contributed by atoms with Gasteiger partial charge in [0.05, 0.1) is 7.11 Å². The minimum atomic E-state index is 0.204. The van der Waals surface area contributed by atoms with Gasteiger partial charge in [-0.25, -0.2) is 0 Å². The maximum Gasteiger partial charge on any atom is 0.125 e. The molecule has 3 nitrogen and oxygen atoms in total. The number of nitrogens with one attached hydrogen (secondary N) is 1. The Balaban J connectivity index is 2.46. The molecule has 0 saturated carbocycles. The molecule has 0 unspecified atom stereocenters. The summed E-state index contributed by atoms with van der Waals surface area (Å²) in [5.41, 5.74) is 4.33. The summed E-state index contributed by atoms with van der Waals surface area (Å²) < 4.78 is 5.70. The molecule has 1 aromatic rings. The summed E-state index contributed by atoms with van der Waals surface area (Å²) in [5, 5.41) is 3.43. The number of rotatable bonds is 7. The first-order valence-corrected chi connectivity index (χ1v) is 9.13. The fraction of sp³-hybridized carbons (Fsp3) is 0.700. The van der Waals surface area contributed by atoms with E-state index in [4.69, 9.17) is 4.74 Å². The van der Waals surface area contributed by atoms with Gasteiger partial charge in [-0.05, 0) is 50.8 Å². The van der Waals surface area contributed by atoms with Gasteiger partial charge in [-0.1, -0.05) is 27.2 Å². The highest BCUT2D eigenvalue weighted by molar-refractivity contribution is 5.64. The number of ether oxygens (including phenoxy) is 1. The minimum Gasteiger partial charge on any atom is -0.496 e. The molecule has 0 radical (unpaired) electrons. The second-order valence-electron chi connectivity index (χ2n) is 7.43. The van der Waals surface area contributed by atoms with Crippen LogP contribution in [0.3, 0.4) is 0 Å². The maximum absolute atomic E-state index is 5.70. The number of unbranched alkanes of at least 4 members (excludes halogenated alkanes) is 1. The number of benzene rings is 1. The SMILES string of the molecule is CCCCN1c2cc(OC)c(CNCC)cc2[C@H](C)CC1(C)C. The normalized spacial score (nSPS) is 19.6. The van der Waals surface area contributed by atoms with Crippen LogP contribution in [0.1, 0.15) is 70.9 Å². The molecule has 0 fully saturated rings. The van der Waals surface area contributed by atoms with Gasteiger partial charge in [-0.2, -0.15) is 0 Å². The quantitative estimate of drug-likeness (QED) is 0.789. The molecule has 0 bridgehead atoms. The average Bonchev–Trinajstić information content (AvgIpc) is 2.51. The predicted octanol–water partition coefficient (Wildman–Crippen LogP) is 4.70. The molecule has 0 saturated heterocycles. The predicted molar refractivity (Wildman–Crippen MR) is 99.7 cm³/mol. The van der Waals surface area contributed by atoms with Crippen LogP contribution >= 0.6 is 0 Å². The number of nitrogens with zero attached hydrogens (tertiary/aromatic N) is 1. The minimum absolute atomic E-state index is 0.204. The summed E-state index contributed by atoms with van der Waals surface area (Å²) in [6, 6.07) is 4.64. The molecule has 1 aliphatic heterocycles. The van der Waals surface area contributed by atoms with Crippen LogP contribution < -0.4 is 15.0 Å². The highest BCUT2D eigenvalue weighted by Gasteiger charge is 2.36. The second-order valence-corrected chi connectivity index (χ2v) is 7.43. The van der Waals surface area contributed by atoms with Crippen LogP contribution in [0, 0.1) is 0 Å². The standard InChI is InChI=1S/C20H34N2O/c1-7-9-10-22-18-12-19(23-6)16(14-21-8-2)11-17(18)15(3)13-20(22,4)5/h11-12,15,21H,7-10,13-14H2,1-6H3/t15-/m1/s1. The molecule has 3 heteroatoms. The molecule has 1 N–H and O–H groups in total. The van der Waals surface area contributed by atoms with Crippen LogP contribution in [0.25, 0.3) is 0 Å². The van der Waals surface area contributed by atoms with Crippen molar-refractivity contribution in [2.45, 2.75) is 71.9 Å². The van der Waals surface area contributed by atoms with Crippen LogP contribution in [0.4, 0.5) is 5.69 Å². The van der Waals surface area contributed by atoms with Crippen LogP contribution in [-0.2, 0) is 6.54 Å². The number of methoxy groups -OCH3 is 1. The van der Waals surface area contributed by atoms with Crippen molar-refractivity contribution in [1.29, 1.82) is 0 Å². The fourth-order valence-corrected chi connectivity index (χ4v) is 3.88. The van der Waals surface area contributed by atoms with E-state index in [1.807, 2.05) is 0 Å². The third kappa shape index (κ3) is 3.82. The van der Waals surface area contributed by atoms with Gasteiger partial charge in [0.2, 0.25) is 0 Å². The first-order valence-electron chi connectivity index (χ1n) is 9.13. The van der Waals surface area contributed by atoms with Crippen molar-refractivity contribution in [2.75, 3.05) is 25.1 Å². The van der Waals surface area contributed by atoms with Crippen LogP contribution in [-0.4, -0.2) is 25.7 Å². The molecular weight excluding hydrogens is 284 g/mol. The van der Waals surface area contributed by atoms with Gasteiger partial charge >= 0.3 is 0 Å². The molecular formula is C20H34N2O. The first-order chi connectivity index (χ1) is 10.9. The van der Waals surface area contributed by atoms with Crippen molar-refractivity contribution in [1.82, 2.24) is 5.32 Å². The summed E-state index contributed by atoms with van der Waals surface area (Å²) >= 11 is 0. The lowest BCUT2D eigenvalue weighted by molar-refractivity contribution is 0.369. The summed E-state index contributed by atoms with van der Waals surface area (Å²) in [5.74, 6) is 1.60. The third-order valence-electron chi connectivity index (χ3n) is 5.09. The van der Waals surface area contributed by atoms with E-state index in [1.165, 1.54) is 36.1 Å². The molecule has 1 atom stereocenters. The first kappa shape index (κ1) is 18.1. The largest absolute Gasteiger partial charge is 0.496 e. The molecule has 130 valence electrons. The Kier molecular flexibility index (Phi) is 5.96. The second kappa shape index (κ2) is 7.57. The fourth-order valence-electron chi connectivity index (χ4n) is 3.88. The summed E-state index contributed by atoms with van der Waals surface area (Å²) in [4.78, 5) is 2.60. The van der Waals surface area contributed by atoms with Crippen LogP contribution in [0.5, 0.6) is 5.75 Å². The molecule has 23 heavy (non-hydrogen) atoms. The monoisotopic (exact) mass is 318 g/mol. The maximum atomic E-state index is 5.70. The summed E-state index contributed by atoms with van der Waals surface area (Å²) in [7, 11) is 1.78. The Morgan fingerprint density at radius 1 is 1.30 bits per heavy atom. The van der Waals surface area contributed by atoms with E-state index < -0.39 is 0 Å². The zero-order chi connectivity index (χ0) is 17.0. The Labute approximate surface area is 142 Å². The van der Waals surface area contributed by atoms with E-state index in [1.54, 1.807) is 7.11 Å². The van der Waals surface area contributed by atoms with E-state index in [0.717, 1.165) is 25.4 Å². The third-order valence-corrected chi connectivity index (χ3v) is 5.09. The van der Waals surface area contributed by atoms with E-state index in [-0.39, 0.29) is 5.54 Å². The van der Waals surface area contributed by atoms with E-state index in [2.05, 4.69) is 57.0 Å². The zero-order valence-electron chi connectivity index (χ0n) is 15.8. The van der Waals surface area contributed by atoms with Crippen molar-refractivity contribution in [2.24, 2.45) is 0 Å². The lowest BCUT2D eigenvalue weighted by Gasteiger charge is -2.48. The van der Waals surface area contributed by atoms with Gasteiger partial charge in [0.25, 0.3) is 0 Å². The summed E-state index contributed by atoms with van der Waals surface area (Å²) in [6.07, 6.45) is 3.67. The van der Waals surface area contributed by atoms with Gasteiger partial charge in [-0.15, -0.1) is 0 Å². The molecule has 1 aromatic carbocycles. The number of hydrogen-bond donors (Lipinski definition) is 1. The highest BCUT2D eigenvalue weighted by atomic mass is 16.5. The van der Waals surface area contributed by atoms with Crippen LogP contribution in [0.15, 0.2) is 12.1 Å². The van der Waals surface area contributed by atoms with E-state index in [9.17, 15) is 0 Å². The topological polar surface area (TPSA) is 24.5 Å². The van der Waals surface area contributed by atoms with Crippen molar-refractivity contribution in [3.05, 3.63) is 23.3 Å². The van der Waals surface area contributed by atoms with Gasteiger partial charge in [-0.3, -0.25) is 0 Å². The van der Waals surface area contributed by atoms with Gasteiger partial charge in [0, 0.05) is 35.9 Å². The van der Waals surface area contributed by atoms with Gasteiger partial charge in [0.1, 0.15) is 5.75 Å². The number of hydrogen-bond acceptors (Lipinski definition) is 3. The molecule has 2 rings (SSSR count). The number of anilines is 1. The molecule has 0 spiro atoms. The lowest BCUT2D eigenvalue weighted by Crippen LogP contribution is -2.48. The smallest absolute Gasteiger partial charge is 0.125 e. The molecule has 0 amide bonds. The Hall–Kier alpha value is -1.22. The lowest BCUT2D eigenvalue weighted by atomic mass is 9.79. The van der Waals surface area contributed by atoms with Crippen molar-refractivity contribution in [3.8, 4) is 5.75 Å². The van der Waals surface area contributed by atoms with Crippen molar-refractivity contribution < 1.29 is 4.74 Å². The van der Waals surface area contributed by atoms with E-state index >= 15 is 0 Å². The Morgan fingerprint density at radius 3 is 2.65 bits per heavy atom. The highest BCUT2D eigenvalue weighted by Crippen LogP contribution is 2.45. The van der Waals surface area contributed by atoms with Gasteiger partial charge in [0.15, 0.2) is 0 Å². The molecule has 0 aliphatic carbocycles. The van der Waals surface area contributed by atoms with Crippen molar-refractivity contribution >= 4 is 5.69 Å². The van der Waals surface area contributed by atoms with Crippen molar-refractivity contribution in [3.63, 3.8) is 0 Å². The average molecular weight is 319 g/mol. The Morgan fingerprint density at radius 2 is 2.04 bits per heavy atom.